The summed E-state index contributed by atoms with van der Waals surface area (Å²) in [6, 6.07) is 8.78. The third kappa shape index (κ3) is 3.05. The number of hydrogen-bond acceptors (Lipinski definition) is 6. The van der Waals surface area contributed by atoms with Crippen molar-refractivity contribution in [1.82, 2.24) is 9.80 Å². The Morgan fingerprint density at radius 3 is 1.26 bits per heavy atom. The fourth-order valence-electron chi connectivity index (χ4n) is 4.62. The number of amides is 2. The molecule has 0 atom stereocenters. The number of likely N-dealkylation sites (N-methyl/N-ethyl adjacent to an activating group) is 2. The SMILES string of the molecule is CC(C)c1cc2sc(C3=C4C(=O)N(C)C(c5cc6sc(C(C)C)cc6s5)=C4C(=O)N3C)cc2s1. The quantitative estimate of drug-likeness (QED) is 0.276. The Hall–Kier alpha value is -2.26. The van der Waals surface area contributed by atoms with E-state index in [0.717, 1.165) is 21.1 Å². The van der Waals surface area contributed by atoms with Crippen LogP contribution < -0.4 is 0 Å². The van der Waals surface area contributed by atoms with E-state index in [4.69, 9.17) is 0 Å². The summed E-state index contributed by atoms with van der Waals surface area (Å²) >= 11 is 6.93. The van der Waals surface area contributed by atoms with E-state index in [1.165, 1.54) is 28.6 Å². The molecule has 0 bridgehead atoms. The Labute approximate surface area is 214 Å². The molecule has 2 amide bonds. The normalized spacial score (nSPS) is 16.8. The molecule has 0 N–H and O–H groups in total. The van der Waals surface area contributed by atoms with E-state index in [0.29, 0.717) is 23.0 Å². The highest BCUT2D eigenvalue weighted by molar-refractivity contribution is 7.29. The van der Waals surface area contributed by atoms with Gasteiger partial charge in [0.15, 0.2) is 0 Å². The zero-order valence-electron chi connectivity index (χ0n) is 19.8. The Balaban J connectivity index is 1.51. The van der Waals surface area contributed by atoms with Gasteiger partial charge in [0.2, 0.25) is 0 Å². The molecule has 4 aromatic heterocycles. The van der Waals surface area contributed by atoms with E-state index < -0.39 is 0 Å². The van der Waals surface area contributed by atoms with Gasteiger partial charge in [-0.1, -0.05) is 27.7 Å². The third-order valence-corrected chi connectivity index (χ3v) is 11.7. The highest BCUT2D eigenvalue weighted by atomic mass is 32.1. The standard InChI is InChI=1S/C26H24N2O2S4/c1-11(2)13-7-15-17(31-13)9-19(33-15)23-21-22(26(30)27(23)5)24(28(6)25(21)29)20-10-18-16(34-20)8-14(32-18)12(3)4/h7-12H,1-6H3. The second-order valence-corrected chi connectivity index (χ2v) is 13.9. The molecule has 0 spiro atoms. The summed E-state index contributed by atoms with van der Waals surface area (Å²) in [6.07, 6.45) is 0. The summed E-state index contributed by atoms with van der Waals surface area (Å²) in [5.74, 6) is 0.781. The van der Waals surface area contributed by atoms with Gasteiger partial charge in [-0.2, -0.15) is 0 Å². The van der Waals surface area contributed by atoms with Crippen molar-refractivity contribution in [1.29, 1.82) is 0 Å². The zero-order chi connectivity index (χ0) is 24.0. The van der Waals surface area contributed by atoms with Crippen LogP contribution in [-0.4, -0.2) is 35.7 Å². The molecule has 4 aromatic rings. The zero-order valence-corrected chi connectivity index (χ0v) is 23.1. The molecule has 2 aliphatic heterocycles. The second-order valence-electron chi connectivity index (χ2n) is 9.46. The van der Waals surface area contributed by atoms with E-state index >= 15 is 0 Å². The highest BCUT2D eigenvalue weighted by Crippen LogP contribution is 2.50. The summed E-state index contributed by atoms with van der Waals surface area (Å²) in [6.45, 7) is 8.81. The lowest BCUT2D eigenvalue weighted by atomic mass is 10.1. The smallest absolute Gasteiger partial charge is 0.261 e. The van der Waals surface area contributed by atoms with Crippen molar-refractivity contribution in [3.63, 3.8) is 0 Å². The third-order valence-electron chi connectivity index (χ3n) is 6.49. The molecule has 0 fully saturated rings. The Morgan fingerprint density at radius 1 is 0.588 bits per heavy atom. The van der Waals surface area contributed by atoms with Crippen LogP contribution >= 0.6 is 45.3 Å². The lowest BCUT2D eigenvalue weighted by Crippen LogP contribution is -2.24. The van der Waals surface area contributed by atoms with Gasteiger partial charge >= 0.3 is 0 Å². The lowest BCUT2D eigenvalue weighted by Gasteiger charge is -2.18. The van der Waals surface area contributed by atoms with Gasteiger partial charge in [-0.15, -0.1) is 45.3 Å². The van der Waals surface area contributed by atoms with Crippen LogP contribution in [0.25, 0.3) is 30.2 Å². The molecule has 2 aliphatic rings. The minimum absolute atomic E-state index is 0.100. The molecule has 6 heterocycles. The lowest BCUT2D eigenvalue weighted by molar-refractivity contribution is -0.123. The molecule has 0 aromatic carbocycles. The van der Waals surface area contributed by atoms with Gasteiger partial charge in [-0.25, -0.2) is 0 Å². The van der Waals surface area contributed by atoms with Crippen LogP contribution in [0.2, 0.25) is 0 Å². The number of nitrogens with zero attached hydrogens (tertiary/aromatic N) is 2. The van der Waals surface area contributed by atoms with Crippen molar-refractivity contribution in [2.24, 2.45) is 0 Å². The number of carbonyl (C=O) groups excluding carboxylic acids is 2. The first kappa shape index (κ1) is 22.2. The van der Waals surface area contributed by atoms with Crippen LogP contribution in [0.1, 0.15) is 59.0 Å². The van der Waals surface area contributed by atoms with Crippen LogP contribution in [-0.2, 0) is 9.59 Å². The van der Waals surface area contributed by atoms with Gasteiger partial charge < -0.3 is 9.80 Å². The fraction of sp³-hybridized carbons (Fsp3) is 0.308. The summed E-state index contributed by atoms with van der Waals surface area (Å²) in [5, 5.41) is 0. The van der Waals surface area contributed by atoms with Crippen molar-refractivity contribution in [3.8, 4) is 0 Å². The first-order valence-corrected chi connectivity index (χ1v) is 14.5. The molecule has 0 radical (unpaired) electrons. The molecule has 34 heavy (non-hydrogen) atoms. The van der Waals surface area contributed by atoms with Crippen LogP contribution in [0.4, 0.5) is 0 Å². The van der Waals surface area contributed by atoms with Gasteiger partial charge in [0.05, 0.1) is 32.3 Å². The Morgan fingerprint density at radius 2 is 0.941 bits per heavy atom. The van der Waals surface area contributed by atoms with E-state index in [1.54, 1.807) is 69.2 Å². The number of rotatable bonds is 4. The number of hydrogen-bond donors (Lipinski definition) is 0. The first-order chi connectivity index (χ1) is 16.2. The van der Waals surface area contributed by atoms with Gasteiger partial charge in [-0.3, -0.25) is 9.59 Å². The number of thiophene rings is 4. The largest absolute Gasteiger partial charge is 0.309 e. The van der Waals surface area contributed by atoms with Gasteiger partial charge in [0.1, 0.15) is 0 Å². The minimum Gasteiger partial charge on any atom is -0.309 e. The molecule has 0 saturated carbocycles. The van der Waals surface area contributed by atoms with Gasteiger partial charge in [0, 0.05) is 42.6 Å². The van der Waals surface area contributed by atoms with Crippen molar-refractivity contribution >= 4 is 87.4 Å². The first-order valence-electron chi connectivity index (χ1n) is 11.3. The predicted octanol–water partition coefficient (Wildman–Crippen LogP) is 7.55. The minimum atomic E-state index is -0.100. The van der Waals surface area contributed by atoms with E-state index in [1.807, 2.05) is 0 Å². The summed E-state index contributed by atoms with van der Waals surface area (Å²) in [4.78, 5) is 35.0. The summed E-state index contributed by atoms with van der Waals surface area (Å²) in [7, 11) is 3.58. The van der Waals surface area contributed by atoms with Crippen molar-refractivity contribution in [2.45, 2.75) is 39.5 Å². The molecular formula is C26H24N2O2S4. The van der Waals surface area contributed by atoms with Crippen LogP contribution in [0.3, 0.4) is 0 Å². The van der Waals surface area contributed by atoms with E-state index in [9.17, 15) is 9.59 Å². The van der Waals surface area contributed by atoms with Crippen molar-refractivity contribution < 1.29 is 9.59 Å². The summed E-state index contributed by atoms with van der Waals surface area (Å²) < 4.78 is 4.87. The maximum absolute atomic E-state index is 13.5. The maximum atomic E-state index is 13.5. The van der Waals surface area contributed by atoms with E-state index in [2.05, 4.69) is 52.0 Å². The molecule has 0 unspecified atom stereocenters. The molecular weight excluding hydrogens is 501 g/mol. The predicted molar refractivity (Wildman–Crippen MR) is 147 cm³/mol. The maximum Gasteiger partial charge on any atom is 0.261 e. The van der Waals surface area contributed by atoms with Gasteiger partial charge in [-0.05, 0) is 36.1 Å². The van der Waals surface area contributed by atoms with Crippen molar-refractivity contribution in [3.05, 3.63) is 54.9 Å². The van der Waals surface area contributed by atoms with Gasteiger partial charge in [0.25, 0.3) is 11.8 Å². The Bertz CT molecular complexity index is 1410. The topological polar surface area (TPSA) is 40.6 Å². The summed E-state index contributed by atoms with van der Waals surface area (Å²) in [5.41, 5.74) is 2.57. The fourth-order valence-corrected chi connectivity index (χ4v) is 9.61. The van der Waals surface area contributed by atoms with Crippen LogP contribution in [0.15, 0.2) is 35.4 Å². The van der Waals surface area contributed by atoms with E-state index in [-0.39, 0.29) is 11.8 Å². The van der Waals surface area contributed by atoms with Crippen LogP contribution in [0.5, 0.6) is 0 Å². The molecule has 6 rings (SSSR count). The van der Waals surface area contributed by atoms with Crippen LogP contribution in [0, 0.1) is 0 Å². The number of fused-ring (bicyclic) bond motifs is 3. The number of carbonyl (C=O) groups is 2. The molecule has 0 aliphatic carbocycles. The van der Waals surface area contributed by atoms with Crippen molar-refractivity contribution in [2.75, 3.05) is 14.1 Å². The highest BCUT2D eigenvalue weighted by Gasteiger charge is 2.47. The molecule has 8 heteroatoms. The second kappa shape index (κ2) is 7.62. The average Bonchev–Trinajstić information content (AvgIpc) is 3.56. The monoisotopic (exact) mass is 524 g/mol. The molecule has 0 saturated heterocycles. The molecule has 174 valence electrons. The Kier molecular flexibility index (Phi) is 4.98. The molecule has 4 nitrogen and oxygen atoms in total. The average molecular weight is 525 g/mol.